The van der Waals surface area contributed by atoms with Gasteiger partial charge in [0.25, 0.3) is 0 Å². The number of nitrogens with one attached hydrogen (secondary N) is 1. The summed E-state index contributed by atoms with van der Waals surface area (Å²) in [5.74, 6) is 1.49. The normalized spacial score (nSPS) is 17.7. The lowest BCUT2D eigenvalue weighted by atomic mass is 9.85. The molecule has 9 nitrogen and oxygen atoms in total. The van der Waals surface area contributed by atoms with Crippen LogP contribution in [-0.4, -0.2) is 47.4 Å². The number of carboxylic acid groups (broad SMARTS) is 1. The van der Waals surface area contributed by atoms with Crippen LogP contribution in [0.4, 0.5) is 0 Å². The van der Waals surface area contributed by atoms with Crippen LogP contribution in [0.5, 0.6) is 11.6 Å². The minimum atomic E-state index is -0.729. The first-order valence-electron chi connectivity index (χ1n) is 11.6. The van der Waals surface area contributed by atoms with Crippen molar-refractivity contribution in [2.45, 2.75) is 38.2 Å². The molecule has 1 aliphatic rings. The molecular weight excluding hydrogens is 446 g/mol. The van der Waals surface area contributed by atoms with Gasteiger partial charge < -0.3 is 19.9 Å². The second-order valence-electron chi connectivity index (χ2n) is 8.74. The van der Waals surface area contributed by atoms with Crippen LogP contribution in [0.15, 0.2) is 60.9 Å². The van der Waals surface area contributed by atoms with Gasteiger partial charge in [-0.2, -0.15) is 0 Å². The van der Waals surface area contributed by atoms with E-state index in [2.05, 4.69) is 25.1 Å². The molecule has 0 atom stereocenters. The summed E-state index contributed by atoms with van der Waals surface area (Å²) in [5.41, 5.74) is 3.28. The van der Waals surface area contributed by atoms with E-state index < -0.39 is 5.97 Å². The van der Waals surface area contributed by atoms with Crippen LogP contribution in [0.2, 0.25) is 0 Å². The van der Waals surface area contributed by atoms with E-state index in [1.54, 1.807) is 36.7 Å². The standard InChI is InChI=1S/C26H25N5O4/c32-20-7-3-17(4-8-20)25-29-26(31-30-25)19-5-11-22(27-15-19)18-6-12-23(28-14-18)35-21-9-1-16(2-10-21)13-24(33)34/h3-8,11-12,14-16,21,32H,1-2,9-10,13H2,(H,33,34)(H,29,30,31)/t16-,21+. The summed E-state index contributed by atoms with van der Waals surface area (Å²) >= 11 is 0. The number of aromatic amines is 1. The van der Waals surface area contributed by atoms with Gasteiger partial charge in [-0.1, -0.05) is 0 Å². The first-order chi connectivity index (χ1) is 17.0. The van der Waals surface area contributed by atoms with Crippen molar-refractivity contribution in [2.75, 3.05) is 0 Å². The summed E-state index contributed by atoms with van der Waals surface area (Å²) in [6.45, 7) is 0. The van der Waals surface area contributed by atoms with Gasteiger partial charge >= 0.3 is 5.97 Å². The Kier molecular flexibility index (Phi) is 6.38. The first-order valence-corrected chi connectivity index (χ1v) is 11.6. The molecule has 35 heavy (non-hydrogen) atoms. The molecule has 1 saturated carbocycles. The molecule has 0 saturated heterocycles. The number of aromatic nitrogens is 5. The third kappa shape index (κ3) is 5.46. The van der Waals surface area contributed by atoms with Crippen LogP contribution in [-0.2, 0) is 4.79 Å². The number of nitrogens with zero attached hydrogens (tertiary/aromatic N) is 4. The molecule has 0 amide bonds. The summed E-state index contributed by atoms with van der Waals surface area (Å²) in [7, 11) is 0. The molecule has 5 rings (SSSR count). The molecule has 0 unspecified atom stereocenters. The molecule has 0 bridgehead atoms. The SMILES string of the molecule is O=C(O)C[C@H]1CC[C@@H](Oc2ccc(-c3ccc(-c4nnc(-c5ccc(O)cc5)[nH]4)cn3)cn2)CC1. The number of hydrogen-bond acceptors (Lipinski definition) is 7. The lowest BCUT2D eigenvalue weighted by molar-refractivity contribution is -0.138. The fourth-order valence-electron chi connectivity index (χ4n) is 4.32. The molecule has 1 aliphatic carbocycles. The van der Waals surface area contributed by atoms with Crippen molar-refractivity contribution in [1.82, 2.24) is 25.1 Å². The highest BCUT2D eigenvalue weighted by molar-refractivity contribution is 5.67. The second kappa shape index (κ2) is 9.92. The zero-order valence-corrected chi connectivity index (χ0v) is 19.0. The number of hydrogen-bond donors (Lipinski definition) is 3. The number of aliphatic carboxylic acids is 1. The zero-order chi connectivity index (χ0) is 24.2. The molecule has 3 aromatic heterocycles. The molecule has 0 aliphatic heterocycles. The number of benzene rings is 1. The Bertz CT molecular complexity index is 1280. The van der Waals surface area contributed by atoms with E-state index in [9.17, 15) is 9.90 Å². The first kappa shape index (κ1) is 22.5. The highest BCUT2D eigenvalue weighted by atomic mass is 16.5. The molecule has 4 aromatic rings. The Labute approximate surface area is 201 Å². The van der Waals surface area contributed by atoms with Crippen molar-refractivity contribution in [3.8, 4) is 45.7 Å². The predicted molar refractivity (Wildman–Crippen MR) is 129 cm³/mol. The predicted octanol–water partition coefficient (Wildman–Crippen LogP) is 4.71. The third-order valence-corrected chi connectivity index (χ3v) is 6.24. The van der Waals surface area contributed by atoms with Crippen molar-refractivity contribution in [2.24, 2.45) is 5.92 Å². The van der Waals surface area contributed by atoms with Crippen LogP contribution >= 0.6 is 0 Å². The van der Waals surface area contributed by atoms with Gasteiger partial charge in [0, 0.05) is 41.6 Å². The van der Waals surface area contributed by atoms with Gasteiger partial charge in [-0.3, -0.25) is 9.78 Å². The summed E-state index contributed by atoms with van der Waals surface area (Å²) in [4.78, 5) is 23.0. The Morgan fingerprint density at radius 1 is 0.857 bits per heavy atom. The average Bonchev–Trinajstić information content (AvgIpc) is 3.36. The topological polar surface area (TPSA) is 134 Å². The van der Waals surface area contributed by atoms with Crippen molar-refractivity contribution in [3.63, 3.8) is 0 Å². The summed E-state index contributed by atoms with van der Waals surface area (Å²) in [6, 6.07) is 14.3. The zero-order valence-electron chi connectivity index (χ0n) is 19.0. The Balaban J connectivity index is 1.20. The Morgan fingerprint density at radius 3 is 2.14 bits per heavy atom. The maximum atomic E-state index is 10.9. The van der Waals surface area contributed by atoms with Gasteiger partial charge in [-0.15, -0.1) is 10.2 Å². The molecule has 3 N–H and O–H groups in total. The number of aromatic hydroxyl groups is 1. The molecule has 1 aromatic carbocycles. The maximum absolute atomic E-state index is 10.9. The Hall–Kier alpha value is -4.27. The average molecular weight is 472 g/mol. The molecule has 0 spiro atoms. The van der Waals surface area contributed by atoms with Gasteiger partial charge in [0.2, 0.25) is 5.88 Å². The lowest BCUT2D eigenvalue weighted by Crippen LogP contribution is -2.25. The van der Waals surface area contributed by atoms with Crippen molar-refractivity contribution in [1.29, 1.82) is 0 Å². The number of phenolic OH excluding ortho intramolecular Hbond substituents is 1. The van der Waals surface area contributed by atoms with E-state index in [0.717, 1.165) is 48.1 Å². The molecule has 1 fully saturated rings. The summed E-state index contributed by atoms with van der Waals surface area (Å²) in [6.07, 6.45) is 7.22. The van der Waals surface area contributed by atoms with Crippen molar-refractivity contribution in [3.05, 3.63) is 60.9 Å². The van der Waals surface area contributed by atoms with Crippen LogP contribution in [0, 0.1) is 5.92 Å². The van der Waals surface area contributed by atoms with Gasteiger partial charge in [0.1, 0.15) is 11.9 Å². The van der Waals surface area contributed by atoms with E-state index in [-0.39, 0.29) is 24.2 Å². The van der Waals surface area contributed by atoms with E-state index in [1.165, 1.54) is 0 Å². The number of carboxylic acids is 1. The van der Waals surface area contributed by atoms with Gasteiger partial charge in [0.05, 0.1) is 5.69 Å². The van der Waals surface area contributed by atoms with E-state index in [0.29, 0.717) is 17.5 Å². The van der Waals surface area contributed by atoms with Gasteiger partial charge in [-0.05, 0) is 74.1 Å². The largest absolute Gasteiger partial charge is 0.508 e. The van der Waals surface area contributed by atoms with E-state index in [1.807, 2.05) is 24.3 Å². The number of H-pyrrole nitrogens is 1. The number of phenols is 1. The number of carbonyl (C=O) groups is 1. The molecule has 9 heteroatoms. The van der Waals surface area contributed by atoms with E-state index >= 15 is 0 Å². The monoisotopic (exact) mass is 471 g/mol. The molecular formula is C26H25N5O4. The van der Waals surface area contributed by atoms with Gasteiger partial charge in [-0.25, -0.2) is 4.98 Å². The van der Waals surface area contributed by atoms with Crippen molar-refractivity contribution >= 4 is 5.97 Å². The maximum Gasteiger partial charge on any atom is 0.303 e. The third-order valence-electron chi connectivity index (χ3n) is 6.24. The second-order valence-corrected chi connectivity index (χ2v) is 8.74. The smallest absolute Gasteiger partial charge is 0.303 e. The number of pyridine rings is 2. The Morgan fingerprint density at radius 2 is 1.51 bits per heavy atom. The highest BCUT2D eigenvalue weighted by Crippen LogP contribution is 2.30. The minimum absolute atomic E-state index is 0.0733. The molecule has 0 radical (unpaired) electrons. The molecule has 178 valence electrons. The number of rotatable bonds is 7. The fraction of sp³-hybridized carbons (Fsp3) is 0.269. The van der Waals surface area contributed by atoms with E-state index in [4.69, 9.17) is 9.84 Å². The van der Waals surface area contributed by atoms with Gasteiger partial charge in [0.15, 0.2) is 11.6 Å². The van der Waals surface area contributed by atoms with Crippen LogP contribution < -0.4 is 4.74 Å². The minimum Gasteiger partial charge on any atom is -0.508 e. The summed E-state index contributed by atoms with van der Waals surface area (Å²) < 4.78 is 6.01. The van der Waals surface area contributed by atoms with Crippen LogP contribution in [0.3, 0.4) is 0 Å². The molecule has 3 heterocycles. The summed E-state index contributed by atoms with van der Waals surface area (Å²) in [5, 5.41) is 26.8. The highest BCUT2D eigenvalue weighted by Gasteiger charge is 2.24. The van der Waals surface area contributed by atoms with Crippen LogP contribution in [0.1, 0.15) is 32.1 Å². The van der Waals surface area contributed by atoms with Crippen LogP contribution in [0.25, 0.3) is 34.0 Å². The quantitative estimate of drug-likeness (QED) is 0.353. The lowest BCUT2D eigenvalue weighted by Gasteiger charge is -2.27. The fourth-order valence-corrected chi connectivity index (χ4v) is 4.32. The van der Waals surface area contributed by atoms with Crippen molar-refractivity contribution < 1.29 is 19.7 Å². The number of ether oxygens (including phenoxy) is 1.